The SMILES string of the molecule is CCCCCCCCC=CCCCCCCCC(=O)OC(CC(C)(C)OC(=O)CCCCCCCC=CCCCCCCCC)C(=O)NCCN=Cc1ccc(C(=O)NCCCC)cc1. The zero-order chi connectivity index (χ0) is 47.5. The Morgan fingerprint density at radius 3 is 1.49 bits per heavy atom. The van der Waals surface area contributed by atoms with Gasteiger partial charge in [-0.05, 0) is 102 Å². The number of carbonyl (C=O) groups excluding carboxylic acids is 4. The van der Waals surface area contributed by atoms with E-state index in [4.69, 9.17) is 9.47 Å². The highest BCUT2D eigenvalue weighted by molar-refractivity contribution is 5.95. The van der Waals surface area contributed by atoms with E-state index in [0.29, 0.717) is 31.5 Å². The van der Waals surface area contributed by atoms with E-state index in [1.54, 1.807) is 32.2 Å². The minimum absolute atomic E-state index is 0.0523. The number of carbonyl (C=O) groups is 4. The minimum Gasteiger partial charge on any atom is -0.459 e. The summed E-state index contributed by atoms with van der Waals surface area (Å²) in [6.45, 7) is 11.3. The molecule has 0 spiro atoms. The number of allylic oxidation sites excluding steroid dienone is 4. The Morgan fingerprint density at radius 1 is 0.554 bits per heavy atom. The topological polar surface area (TPSA) is 123 Å². The summed E-state index contributed by atoms with van der Waals surface area (Å²) in [5.41, 5.74) is 0.427. The van der Waals surface area contributed by atoms with Gasteiger partial charge in [-0.25, -0.2) is 0 Å². The molecule has 0 fully saturated rings. The Balaban J connectivity index is 2.56. The predicted octanol–water partition coefficient (Wildman–Crippen LogP) is 14.5. The Hall–Kier alpha value is -3.75. The fourth-order valence-corrected chi connectivity index (χ4v) is 7.66. The van der Waals surface area contributed by atoms with E-state index in [-0.39, 0.29) is 31.3 Å². The van der Waals surface area contributed by atoms with Crippen LogP contribution in [0.3, 0.4) is 0 Å². The molecule has 0 bridgehead atoms. The van der Waals surface area contributed by atoms with Gasteiger partial charge < -0.3 is 20.1 Å². The number of hydrogen-bond donors (Lipinski definition) is 2. The van der Waals surface area contributed by atoms with Crippen molar-refractivity contribution in [3.05, 3.63) is 59.7 Å². The smallest absolute Gasteiger partial charge is 0.306 e. The van der Waals surface area contributed by atoms with Crippen molar-refractivity contribution in [3.63, 3.8) is 0 Å². The van der Waals surface area contributed by atoms with Crippen molar-refractivity contribution in [1.29, 1.82) is 0 Å². The van der Waals surface area contributed by atoms with Crippen molar-refractivity contribution in [3.8, 4) is 0 Å². The summed E-state index contributed by atoms with van der Waals surface area (Å²) >= 11 is 0. The lowest BCUT2D eigenvalue weighted by Crippen LogP contribution is -2.44. The molecule has 0 aliphatic carbocycles. The van der Waals surface area contributed by atoms with E-state index in [1.807, 2.05) is 12.1 Å². The van der Waals surface area contributed by atoms with Gasteiger partial charge >= 0.3 is 11.9 Å². The average Bonchev–Trinajstić information content (AvgIpc) is 3.28. The van der Waals surface area contributed by atoms with Crippen molar-refractivity contribution in [2.45, 2.75) is 245 Å². The van der Waals surface area contributed by atoms with Crippen molar-refractivity contribution in [2.24, 2.45) is 4.99 Å². The summed E-state index contributed by atoms with van der Waals surface area (Å²) in [6, 6.07) is 7.22. The number of nitrogens with zero attached hydrogens (tertiary/aromatic N) is 1. The van der Waals surface area contributed by atoms with Gasteiger partial charge in [0.2, 0.25) is 0 Å². The van der Waals surface area contributed by atoms with Crippen LogP contribution in [-0.4, -0.2) is 61.3 Å². The fourth-order valence-electron chi connectivity index (χ4n) is 7.66. The standard InChI is InChI=1S/C56H95N3O6/c1-6-9-12-14-16-18-20-22-24-26-28-30-32-34-36-38-52(60)64-51(55(63)59-46-45-57-48-49-40-42-50(43-41-49)54(62)58-44-11-8-3)47-56(4,5)65-53(61)39-37-35-33-31-29-27-25-23-21-19-17-15-13-10-7-2/h22-25,40-43,48,51H,6-21,26-39,44-47H2,1-5H3,(H,58,62)(H,59,63). The quantitative estimate of drug-likeness (QED) is 0.0291. The molecule has 9 heteroatoms. The molecule has 0 aliphatic rings. The van der Waals surface area contributed by atoms with E-state index >= 15 is 0 Å². The summed E-state index contributed by atoms with van der Waals surface area (Å²) in [5.74, 6) is -1.24. The minimum atomic E-state index is -1.10. The summed E-state index contributed by atoms with van der Waals surface area (Å²) in [7, 11) is 0. The molecule has 0 aromatic heterocycles. The number of aliphatic imine (C=N–C) groups is 1. The van der Waals surface area contributed by atoms with Crippen LogP contribution in [0, 0.1) is 0 Å². The number of rotatable bonds is 43. The molecule has 0 aliphatic heterocycles. The first-order valence-corrected chi connectivity index (χ1v) is 26.5. The van der Waals surface area contributed by atoms with Crippen LogP contribution in [0.25, 0.3) is 0 Å². The molecule has 1 rings (SSSR count). The third-order valence-corrected chi connectivity index (χ3v) is 11.7. The lowest BCUT2D eigenvalue weighted by molar-refractivity contribution is -0.167. The Bertz CT molecular complexity index is 1440. The lowest BCUT2D eigenvalue weighted by atomic mass is 9.99. The van der Waals surface area contributed by atoms with Crippen LogP contribution in [0.1, 0.15) is 250 Å². The number of ether oxygens (including phenoxy) is 2. The van der Waals surface area contributed by atoms with Crippen LogP contribution in [-0.2, 0) is 23.9 Å². The van der Waals surface area contributed by atoms with E-state index in [0.717, 1.165) is 82.6 Å². The molecular weight excluding hydrogens is 811 g/mol. The second-order valence-corrected chi connectivity index (χ2v) is 18.6. The third-order valence-electron chi connectivity index (χ3n) is 11.7. The second kappa shape index (κ2) is 41.7. The highest BCUT2D eigenvalue weighted by Crippen LogP contribution is 2.22. The van der Waals surface area contributed by atoms with Gasteiger partial charge in [0.15, 0.2) is 6.10 Å². The zero-order valence-corrected chi connectivity index (χ0v) is 42.2. The van der Waals surface area contributed by atoms with E-state index < -0.39 is 23.6 Å². The Morgan fingerprint density at radius 2 is 1.00 bits per heavy atom. The number of amides is 2. The van der Waals surface area contributed by atoms with Crippen molar-refractivity contribution >= 4 is 30.0 Å². The van der Waals surface area contributed by atoms with Crippen LogP contribution < -0.4 is 10.6 Å². The maximum atomic E-state index is 13.5. The normalized spacial score (nSPS) is 12.3. The zero-order valence-electron chi connectivity index (χ0n) is 42.2. The molecule has 1 unspecified atom stereocenters. The molecule has 2 amide bonds. The number of unbranched alkanes of at least 4 members (excludes halogenated alkanes) is 23. The fraction of sp³-hybridized carbons (Fsp3) is 0.732. The van der Waals surface area contributed by atoms with Gasteiger partial charge in [-0.1, -0.05) is 166 Å². The van der Waals surface area contributed by atoms with Crippen LogP contribution in [0.15, 0.2) is 53.6 Å². The monoisotopic (exact) mass is 906 g/mol. The van der Waals surface area contributed by atoms with Crippen molar-refractivity contribution < 1.29 is 28.7 Å². The van der Waals surface area contributed by atoms with E-state index in [2.05, 4.69) is 60.7 Å². The molecule has 370 valence electrons. The van der Waals surface area contributed by atoms with Crippen LogP contribution >= 0.6 is 0 Å². The number of esters is 2. The van der Waals surface area contributed by atoms with Crippen LogP contribution in [0.4, 0.5) is 0 Å². The van der Waals surface area contributed by atoms with Gasteiger partial charge in [-0.3, -0.25) is 24.2 Å². The maximum Gasteiger partial charge on any atom is 0.306 e. The summed E-state index contributed by atoms with van der Waals surface area (Å²) < 4.78 is 11.7. The molecule has 2 N–H and O–H groups in total. The van der Waals surface area contributed by atoms with Gasteiger partial charge in [0.05, 0.1) is 6.54 Å². The molecule has 9 nitrogen and oxygen atoms in total. The first-order valence-electron chi connectivity index (χ1n) is 26.5. The number of hydrogen-bond acceptors (Lipinski definition) is 7. The highest BCUT2D eigenvalue weighted by Gasteiger charge is 2.33. The first kappa shape index (κ1) is 59.3. The number of benzene rings is 1. The lowest BCUT2D eigenvalue weighted by Gasteiger charge is -2.29. The van der Waals surface area contributed by atoms with Crippen molar-refractivity contribution in [2.75, 3.05) is 19.6 Å². The molecule has 0 saturated heterocycles. The molecule has 1 aromatic carbocycles. The maximum absolute atomic E-state index is 13.5. The molecule has 0 heterocycles. The summed E-state index contributed by atoms with van der Waals surface area (Å²) in [4.78, 5) is 56.2. The number of nitrogens with one attached hydrogen (secondary N) is 2. The van der Waals surface area contributed by atoms with E-state index in [9.17, 15) is 19.2 Å². The van der Waals surface area contributed by atoms with Gasteiger partial charge in [0, 0.05) is 44.1 Å². The molecule has 1 atom stereocenters. The third kappa shape index (κ3) is 36.1. The summed E-state index contributed by atoms with van der Waals surface area (Å²) in [5, 5.41) is 5.79. The molecule has 65 heavy (non-hydrogen) atoms. The predicted molar refractivity (Wildman–Crippen MR) is 273 cm³/mol. The van der Waals surface area contributed by atoms with Gasteiger partial charge in [0.25, 0.3) is 11.8 Å². The van der Waals surface area contributed by atoms with Crippen LogP contribution in [0.5, 0.6) is 0 Å². The van der Waals surface area contributed by atoms with Crippen LogP contribution in [0.2, 0.25) is 0 Å². The summed E-state index contributed by atoms with van der Waals surface area (Å²) in [6.07, 6.45) is 43.1. The molecule has 0 saturated carbocycles. The van der Waals surface area contributed by atoms with Gasteiger partial charge in [-0.2, -0.15) is 0 Å². The molecule has 0 radical (unpaired) electrons. The Labute approximate surface area is 397 Å². The van der Waals surface area contributed by atoms with Gasteiger partial charge in [0.1, 0.15) is 5.60 Å². The largest absolute Gasteiger partial charge is 0.459 e. The Kier molecular flexibility index (Phi) is 38.0. The molecular formula is C56H95N3O6. The van der Waals surface area contributed by atoms with Crippen molar-refractivity contribution in [1.82, 2.24) is 10.6 Å². The second-order valence-electron chi connectivity index (χ2n) is 18.6. The van der Waals surface area contributed by atoms with Gasteiger partial charge in [-0.15, -0.1) is 0 Å². The highest BCUT2D eigenvalue weighted by atomic mass is 16.6. The average molecular weight is 906 g/mol. The van der Waals surface area contributed by atoms with E-state index in [1.165, 1.54) is 96.3 Å². The first-order chi connectivity index (χ1) is 31.6. The molecule has 1 aromatic rings.